The van der Waals surface area contributed by atoms with Crippen molar-refractivity contribution in [2.24, 2.45) is 0 Å². The highest BCUT2D eigenvalue weighted by molar-refractivity contribution is 5.97. The van der Waals surface area contributed by atoms with Gasteiger partial charge in [-0.1, -0.05) is 18.2 Å². The molecule has 4 rings (SSSR count). The molecule has 1 amide bonds. The van der Waals surface area contributed by atoms with Gasteiger partial charge in [0.25, 0.3) is 5.91 Å². The normalized spacial score (nSPS) is 14.7. The van der Waals surface area contributed by atoms with E-state index in [2.05, 4.69) is 15.4 Å². The zero-order valence-corrected chi connectivity index (χ0v) is 12.9. The number of amides is 1. The second-order valence-corrected chi connectivity index (χ2v) is 5.76. The monoisotopic (exact) mass is 322 g/mol. The van der Waals surface area contributed by atoms with Crippen molar-refractivity contribution in [3.63, 3.8) is 0 Å². The van der Waals surface area contributed by atoms with Crippen LogP contribution in [0, 0.1) is 5.82 Å². The quantitative estimate of drug-likeness (QED) is 0.789. The van der Waals surface area contributed by atoms with E-state index in [1.807, 2.05) is 6.08 Å². The Morgan fingerprint density at radius 3 is 2.62 bits per heavy atom. The van der Waals surface area contributed by atoms with Gasteiger partial charge in [0.2, 0.25) is 0 Å². The Bertz CT molecular complexity index is 930. The molecule has 0 radical (unpaired) electrons. The summed E-state index contributed by atoms with van der Waals surface area (Å²) in [6, 6.07) is 11.8. The van der Waals surface area contributed by atoms with Crippen molar-refractivity contribution in [2.45, 2.75) is 6.42 Å². The number of nitrogens with one attached hydrogen (secondary N) is 1. The molecule has 0 bridgehead atoms. The minimum absolute atomic E-state index is 0.0192. The van der Waals surface area contributed by atoms with Gasteiger partial charge in [0.1, 0.15) is 16.9 Å². The maximum atomic E-state index is 13.0. The van der Waals surface area contributed by atoms with E-state index in [0.29, 0.717) is 24.2 Å². The first kappa shape index (κ1) is 14.6. The Hall–Kier alpha value is -3.02. The van der Waals surface area contributed by atoms with Crippen LogP contribution in [-0.4, -0.2) is 39.3 Å². The molecule has 5 nitrogen and oxygen atoms in total. The molecule has 0 atom stereocenters. The molecule has 0 saturated heterocycles. The summed E-state index contributed by atoms with van der Waals surface area (Å²) in [4.78, 5) is 14.4. The first-order valence-corrected chi connectivity index (χ1v) is 7.75. The molecule has 0 unspecified atom stereocenters. The van der Waals surface area contributed by atoms with Crippen LogP contribution in [0.25, 0.3) is 16.6 Å². The van der Waals surface area contributed by atoms with Crippen LogP contribution in [0.2, 0.25) is 0 Å². The van der Waals surface area contributed by atoms with Crippen molar-refractivity contribution < 1.29 is 9.18 Å². The zero-order valence-electron chi connectivity index (χ0n) is 12.9. The van der Waals surface area contributed by atoms with Crippen molar-refractivity contribution >= 4 is 22.5 Å². The standard InChI is InChI=1S/C18H15FN4O/c19-15-4-1-12(2-5-15)13-7-9-23(10-8-13)18(24)14-3-6-16-17(11-14)21-22-20-16/h1-7,11H,8-10H2,(H,20,21,22). The second-order valence-electron chi connectivity index (χ2n) is 5.76. The lowest BCUT2D eigenvalue weighted by Crippen LogP contribution is -2.34. The molecule has 6 heteroatoms. The fraction of sp³-hybridized carbons (Fsp3) is 0.167. The highest BCUT2D eigenvalue weighted by Crippen LogP contribution is 2.23. The third kappa shape index (κ3) is 2.67. The predicted octanol–water partition coefficient (Wildman–Crippen LogP) is 3.03. The lowest BCUT2D eigenvalue weighted by atomic mass is 9.99. The van der Waals surface area contributed by atoms with Crippen LogP contribution in [0.1, 0.15) is 22.3 Å². The van der Waals surface area contributed by atoms with Crippen LogP contribution < -0.4 is 0 Å². The first-order chi connectivity index (χ1) is 11.7. The SMILES string of the molecule is O=C(c1ccc2n[nH]nc2c1)N1CC=C(c2ccc(F)cc2)CC1. The van der Waals surface area contributed by atoms with Gasteiger partial charge < -0.3 is 4.90 Å². The molecule has 2 aromatic carbocycles. The number of hydrogen-bond acceptors (Lipinski definition) is 3. The van der Waals surface area contributed by atoms with E-state index in [0.717, 1.165) is 23.1 Å². The van der Waals surface area contributed by atoms with Gasteiger partial charge in [0.15, 0.2) is 0 Å². The molecule has 0 aliphatic carbocycles. The van der Waals surface area contributed by atoms with Crippen LogP contribution in [0.5, 0.6) is 0 Å². The topological polar surface area (TPSA) is 61.9 Å². The van der Waals surface area contributed by atoms with Gasteiger partial charge >= 0.3 is 0 Å². The lowest BCUT2D eigenvalue weighted by molar-refractivity contribution is 0.0773. The Morgan fingerprint density at radius 2 is 1.88 bits per heavy atom. The number of benzene rings is 2. The van der Waals surface area contributed by atoms with Crippen LogP contribution >= 0.6 is 0 Å². The number of carbonyl (C=O) groups is 1. The summed E-state index contributed by atoms with van der Waals surface area (Å²) in [5.41, 5.74) is 4.18. The third-order valence-electron chi connectivity index (χ3n) is 4.27. The van der Waals surface area contributed by atoms with Gasteiger partial charge in [-0.3, -0.25) is 4.79 Å². The van der Waals surface area contributed by atoms with Crippen molar-refractivity contribution in [1.29, 1.82) is 0 Å². The summed E-state index contributed by atoms with van der Waals surface area (Å²) >= 11 is 0. The van der Waals surface area contributed by atoms with E-state index in [9.17, 15) is 9.18 Å². The number of H-pyrrole nitrogens is 1. The lowest BCUT2D eigenvalue weighted by Gasteiger charge is -2.26. The van der Waals surface area contributed by atoms with E-state index < -0.39 is 0 Å². The van der Waals surface area contributed by atoms with E-state index in [1.165, 1.54) is 12.1 Å². The highest BCUT2D eigenvalue weighted by Gasteiger charge is 2.20. The zero-order chi connectivity index (χ0) is 16.5. The summed E-state index contributed by atoms with van der Waals surface area (Å²) in [6.45, 7) is 1.18. The number of hydrogen-bond donors (Lipinski definition) is 1. The van der Waals surface area contributed by atoms with Crippen molar-refractivity contribution in [3.8, 4) is 0 Å². The van der Waals surface area contributed by atoms with Crippen LogP contribution in [0.4, 0.5) is 4.39 Å². The van der Waals surface area contributed by atoms with Crippen LogP contribution in [-0.2, 0) is 0 Å². The smallest absolute Gasteiger partial charge is 0.254 e. The first-order valence-electron chi connectivity index (χ1n) is 7.75. The molecule has 0 spiro atoms. The summed E-state index contributed by atoms with van der Waals surface area (Å²) in [5, 5.41) is 10.6. The molecule has 0 fully saturated rings. The van der Waals surface area contributed by atoms with Gasteiger partial charge in [-0.2, -0.15) is 15.4 Å². The maximum Gasteiger partial charge on any atom is 0.254 e. The predicted molar refractivity (Wildman–Crippen MR) is 88.8 cm³/mol. The van der Waals surface area contributed by atoms with Crippen molar-refractivity contribution in [3.05, 3.63) is 65.5 Å². The molecular formula is C18H15FN4O. The number of carbonyl (C=O) groups excluding carboxylic acids is 1. The molecule has 1 N–H and O–H groups in total. The van der Waals surface area contributed by atoms with E-state index >= 15 is 0 Å². The molecule has 1 aromatic heterocycles. The molecule has 3 aromatic rings. The largest absolute Gasteiger partial charge is 0.335 e. The number of rotatable bonds is 2. The third-order valence-corrected chi connectivity index (χ3v) is 4.27. The van der Waals surface area contributed by atoms with Gasteiger partial charge in [-0.15, -0.1) is 0 Å². The number of halogens is 1. The molecule has 1 aliphatic rings. The number of nitrogens with zero attached hydrogens (tertiary/aromatic N) is 3. The molecule has 24 heavy (non-hydrogen) atoms. The van der Waals surface area contributed by atoms with Crippen molar-refractivity contribution in [2.75, 3.05) is 13.1 Å². The summed E-state index contributed by atoms with van der Waals surface area (Å²) < 4.78 is 13.0. The average Bonchev–Trinajstić information content (AvgIpc) is 3.09. The van der Waals surface area contributed by atoms with Crippen molar-refractivity contribution in [1.82, 2.24) is 20.3 Å². The fourth-order valence-corrected chi connectivity index (χ4v) is 2.94. The molecule has 1 aliphatic heterocycles. The van der Waals surface area contributed by atoms with Gasteiger partial charge in [-0.05, 0) is 47.9 Å². The maximum absolute atomic E-state index is 13.0. The summed E-state index contributed by atoms with van der Waals surface area (Å²) in [6.07, 6.45) is 2.78. The Balaban J connectivity index is 1.51. The average molecular weight is 322 g/mol. The summed E-state index contributed by atoms with van der Waals surface area (Å²) in [5.74, 6) is -0.260. The van der Waals surface area contributed by atoms with Gasteiger partial charge in [0.05, 0.1) is 0 Å². The minimum atomic E-state index is -0.241. The highest BCUT2D eigenvalue weighted by atomic mass is 19.1. The molecule has 0 saturated carbocycles. The minimum Gasteiger partial charge on any atom is -0.335 e. The second kappa shape index (κ2) is 5.88. The number of aromatic amines is 1. The Labute approximate surface area is 137 Å². The van der Waals surface area contributed by atoms with Crippen LogP contribution in [0.3, 0.4) is 0 Å². The van der Waals surface area contributed by atoms with E-state index in [-0.39, 0.29) is 11.7 Å². The van der Waals surface area contributed by atoms with E-state index in [1.54, 1.807) is 35.2 Å². The van der Waals surface area contributed by atoms with Crippen LogP contribution in [0.15, 0.2) is 48.5 Å². The molecular weight excluding hydrogens is 307 g/mol. The van der Waals surface area contributed by atoms with Gasteiger partial charge in [-0.25, -0.2) is 4.39 Å². The molecule has 2 heterocycles. The Morgan fingerprint density at radius 1 is 1.08 bits per heavy atom. The molecule has 120 valence electrons. The van der Waals surface area contributed by atoms with E-state index in [4.69, 9.17) is 0 Å². The number of aromatic nitrogens is 3. The van der Waals surface area contributed by atoms with Gasteiger partial charge in [0, 0.05) is 18.7 Å². The number of fused-ring (bicyclic) bond motifs is 1. The summed E-state index contributed by atoms with van der Waals surface area (Å²) in [7, 11) is 0. The Kier molecular flexibility index (Phi) is 3.57. The fourth-order valence-electron chi connectivity index (χ4n) is 2.94.